The fourth-order valence-corrected chi connectivity index (χ4v) is 1.10. The predicted molar refractivity (Wildman–Crippen MR) is 24.4 cm³/mol. The molecule has 70 valence electrons. The predicted octanol–water partition coefficient (Wildman–Crippen LogP) is -15.7. The maximum absolute atomic E-state index is 9.32. The van der Waals surface area contributed by atoms with Gasteiger partial charge in [-0.1, -0.05) is 0 Å². The molecule has 0 saturated heterocycles. The molecule has 0 aliphatic rings. The molecule has 1 N–H and O–H groups in total. The molecule has 0 saturated carbocycles. The monoisotopic (exact) mass is 298 g/mol. The molecule has 0 aliphatic carbocycles. The van der Waals surface area contributed by atoms with Gasteiger partial charge in [-0.25, -0.2) is 0 Å². The molecule has 0 amide bonds. The fourth-order valence-electron chi connectivity index (χ4n) is 0.122. The summed E-state index contributed by atoms with van der Waals surface area (Å²) in [7, 11) is -10.4. The van der Waals surface area contributed by atoms with Crippen LogP contribution in [0.1, 0.15) is 0 Å². The van der Waals surface area contributed by atoms with Crippen LogP contribution in [-0.2, 0) is 13.4 Å². The first kappa shape index (κ1) is 36.5. The Morgan fingerprint density at radius 3 is 0.933 bits per heavy atom. The topological polar surface area (TPSA) is 156 Å². The molecule has 0 spiro atoms. The van der Waals surface area contributed by atoms with Gasteiger partial charge in [0.25, 0.3) is 0 Å². The summed E-state index contributed by atoms with van der Waals surface area (Å²) in [5, 5.41) is 7.00. The van der Waals surface area contributed by atoms with Gasteiger partial charge in [-0.05, 0) is 0 Å². The van der Waals surface area contributed by atoms with Gasteiger partial charge in [0.1, 0.15) is 0 Å². The summed E-state index contributed by atoms with van der Waals surface area (Å²) in [4.78, 5) is 37.3. The molecule has 0 aliphatic heterocycles. The molecule has 0 heterocycles. The van der Waals surface area contributed by atoms with Gasteiger partial charge < -0.3 is 38.1 Å². The van der Waals surface area contributed by atoms with E-state index in [4.69, 9.17) is 5.11 Å². The summed E-state index contributed by atoms with van der Waals surface area (Å²) in [6, 6.07) is 0. The van der Waals surface area contributed by atoms with Crippen molar-refractivity contribution in [2.24, 2.45) is 0 Å². The van der Waals surface area contributed by atoms with Gasteiger partial charge in [-0.15, -0.1) is 0 Å². The van der Waals surface area contributed by atoms with Crippen LogP contribution in [0.25, 0.3) is 0 Å². The van der Waals surface area contributed by atoms with Crippen molar-refractivity contribution in [1.29, 1.82) is 0 Å². The Kier molecular flexibility index (Phi) is 44.3. The zero-order chi connectivity index (χ0) is 9.71. The van der Waals surface area contributed by atoms with E-state index in [-0.39, 0.29) is 118 Å². The molecule has 0 rings (SSSR count). The first-order valence-electron chi connectivity index (χ1n) is 1.91. The minimum Gasteiger partial charge on any atom is -0.790 e. The second-order valence-corrected chi connectivity index (χ2v) is 3.42. The first-order chi connectivity index (χ1) is 4.71. The van der Waals surface area contributed by atoms with Crippen molar-refractivity contribution in [3.8, 4) is 0 Å². The minimum absolute atomic E-state index is 0. The molecular weight excluding hydrogens is 294 g/mol. The molecule has 8 nitrogen and oxygen atoms in total. The van der Waals surface area contributed by atoms with Crippen molar-refractivity contribution in [3.05, 3.63) is 0 Å². The maximum Gasteiger partial charge on any atom is 1.00 e. The molecule has 0 radical (unpaired) electrons. The quantitative estimate of drug-likeness (QED) is 0.389. The van der Waals surface area contributed by atoms with Crippen LogP contribution in [0.15, 0.2) is 0 Å². The van der Waals surface area contributed by atoms with Gasteiger partial charge in [0.2, 0.25) is 0 Å². The van der Waals surface area contributed by atoms with Gasteiger partial charge >= 0.3 is 118 Å². The Morgan fingerprint density at radius 2 is 0.933 bits per heavy atom. The number of aliphatic hydroxyl groups excluding tert-OH is 1. The second-order valence-electron chi connectivity index (χ2n) is 0.976. The van der Waals surface area contributed by atoms with Crippen molar-refractivity contribution in [3.63, 3.8) is 0 Å². The largest absolute Gasteiger partial charge is 1.00 e. The van der Waals surface area contributed by atoms with E-state index in [1.165, 1.54) is 0 Å². The van der Waals surface area contributed by atoms with Crippen LogP contribution in [-0.4, -0.2) is 12.2 Å². The molecular formula is CH4Na4O8P2. The molecule has 0 unspecified atom stereocenters. The molecule has 0 fully saturated rings. The molecule has 0 aromatic rings. The van der Waals surface area contributed by atoms with Crippen LogP contribution < -0.4 is 138 Å². The van der Waals surface area contributed by atoms with E-state index in [9.17, 15) is 28.7 Å². The normalized spacial score (nSPS) is 8.67. The van der Waals surface area contributed by atoms with Gasteiger partial charge in [0, 0.05) is 7.11 Å². The zero-order valence-corrected chi connectivity index (χ0v) is 19.0. The van der Waals surface area contributed by atoms with Crippen LogP contribution in [0, 0.1) is 0 Å². The molecule has 0 aromatic carbocycles. The number of aliphatic hydroxyl groups is 1. The maximum atomic E-state index is 9.32. The smallest absolute Gasteiger partial charge is 0.790 e. The van der Waals surface area contributed by atoms with Crippen LogP contribution in [0.4, 0.5) is 0 Å². The summed E-state index contributed by atoms with van der Waals surface area (Å²) in [6.07, 6.45) is 0. The second kappa shape index (κ2) is 18.2. The Labute approximate surface area is 176 Å². The van der Waals surface area contributed by atoms with Gasteiger partial charge in [-0.2, -0.15) is 0 Å². The Bertz CT molecular complexity index is 165. The first-order valence-corrected chi connectivity index (χ1v) is 4.83. The third-order valence-corrected chi connectivity index (χ3v) is 1.80. The van der Waals surface area contributed by atoms with Crippen LogP contribution in [0.2, 0.25) is 0 Å². The molecule has 14 heteroatoms. The van der Waals surface area contributed by atoms with E-state index in [1.807, 2.05) is 0 Å². The van der Waals surface area contributed by atoms with Crippen molar-refractivity contribution in [2.75, 3.05) is 7.11 Å². The van der Waals surface area contributed by atoms with E-state index in [2.05, 4.69) is 4.31 Å². The molecule has 0 atom stereocenters. The fraction of sp³-hybridized carbons (Fsp3) is 1.00. The van der Waals surface area contributed by atoms with Crippen LogP contribution >= 0.6 is 15.6 Å². The molecule has 0 aromatic heterocycles. The van der Waals surface area contributed by atoms with Crippen molar-refractivity contribution >= 4 is 15.6 Å². The summed E-state index contributed by atoms with van der Waals surface area (Å²) >= 11 is 0. The third kappa shape index (κ3) is 45.9. The zero-order valence-electron chi connectivity index (χ0n) is 9.20. The Balaban J connectivity index is -0.0000000317. The minimum atomic E-state index is -5.68. The van der Waals surface area contributed by atoms with E-state index >= 15 is 0 Å². The van der Waals surface area contributed by atoms with E-state index in [1.54, 1.807) is 0 Å². The van der Waals surface area contributed by atoms with Gasteiger partial charge in [0.15, 0.2) is 0 Å². The molecule has 0 bridgehead atoms. The van der Waals surface area contributed by atoms with Crippen molar-refractivity contribution in [1.82, 2.24) is 0 Å². The molecule has 15 heavy (non-hydrogen) atoms. The Hall–Kier alpha value is 4.22. The SMILES string of the molecule is CO.O=P([O-])([O-])OP(=O)([O-])[O-].[Na+].[Na+].[Na+].[Na+]. The van der Waals surface area contributed by atoms with Crippen LogP contribution in [0.3, 0.4) is 0 Å². The third-order valence-electron chi connectivity index (χ3n) is 0.200. The number of rotatable bonds is 2. The van der Waals surface area contributed by atoms with Crippen molar-refractivity contribution < 1.29 is 156 Å². The average Bonchev–Trinajstić information content (AvgIpc) is 1.60. The van der Waals surface area contributed by atoms with Crippen LogP contribution in [0.5, 0.6) is 0 Å². The summed E-state index contributed by atoms with van der Waals surface area (Å²) in [5.74, 6) is 0. The number of hydrogen-bond donors (Lipinski definition) is 1. The summed E-state index contributed by atoms with van der Waals surface area (Å²) in [5.41, 5.74) is 0. The summed E-state index contributed by atoms with van der Waals surface area (Å²) in [6.45, 7) is 0. The van der Waals surface area contributed by atoms with Crippen molar-refractivity contribution in [2.45, 2.75) is 0 Å². The van der Waals surface area contributed by atoms with Gasteiger partial charge in [-0.3, -0.25) is 0 Å². The Morgan fingerprint density at radius 1 is 0.800 bits per heavy atom. The standard InChI is InChI=1S/CH4O.4Na.H4O7P2/c1-2;;;;;1-8(2,3)7-9(4,5)6/h2H,1H3;;;;;(H2,1,2,3)(H2,4,5,6)/q;4*+1;/p-4. The van der Waals surface area contributed by atoms with Gasteiger partial charge in [0.05, 0.1) is 15.6 Å². The number of hydrogen-bond acceptors (Lipinski definition) is 8. The van der Waals surface area contributed by atoms with E-state index < -0.39 is 15.6 Å². The van der Waals surface area contributed by atoms with E-state index in [0.29, 0.717) is 0 Å². The van der Waals surface area contributed by atoms with E-state index in [0.717, 1.165) is 7.11 Å². The number of phosphoric acid groups is 2. The average molecular weight is 298 g/mol. The summed E-state index contributed by atoms with van der Waals surface area (Å²) < 4.78 is 21.2.